The number of nitrogen functional groups attached to an aromatic ring is 3. The summed E-state index contributed by atoms with van der Waals surface area (Å²) in [4.78, 5) is 0. The Morgan fingerprint density at radius 1 is 0.609 bits per heavy atom. The maximum atomic E-state index is 5.88. The summed E-state index contributed by atoms with van der Waals surface area (Å²) in [5.74, 6) is 0. The highest BCUT2D eigenvalue weighted by atomic mass is 14.9. The molecule has 4 nitrogen and oxygen atoms in total. The number of rotatable bonds is 4. The summed E-state index contributed by atoms with van der Waals surface area (Å²) in [7, 11) is 0. The minimum atomic E-state index is -0.0157. The first-order chi connectivity index (χ1) is 11.1. The van der Waals surface area contributed by atoms with Gasteiger partial charge >= 0.3 is 0 Å². The van der Waals surface area contributed by atoms with Crippen LogP contribution in [-0.2, 0) is 0 Å². The van der Waals surface area contributed by atoms with E-state index < -0.39 is 0 Å². The lowest BCUT2D eigenvalue weighted by atomic mass is 9.97. The SMILES string of the molecule is Nc1ccc(C(Nc2cccc(N)c2)c2ccc(N)cc2)cc1. The first-order valence-corrected chi connectivity index (χ1v) is 7.45. The maximum absolute atomic E-state index is 5.88. The van der Waals surface area contributed by atoms with Crippen LogP contribution in [0.25, 0.3) is 0 Å². The van der Waals surface area contributed by atoms with E-state index in [9.17, 15) is 0 Å². The van der Waals surface area contributed by atoms with Crippen LogP contribution in [0.1, 0.15) is 17.2 Å². The Bertz CT molecular complexity index is 734. The molecule has 0 radical (unpaired) electrons. The van der Waals surface area contributed by atoms with Gasteiger partial charge in [0.15, 0.2) is 0 Å². The molecule has 0 unspecified atom stereocenters. The van der Waals surface area contributed by atoms with Crippen molar-refractivity contribution in [3.8, 4) is 0 Å². The minimum absolute atomic E-state index is 0.0157. The highest BCUT2D eigenvalue weighted by Gasteiger charge is 2.14. The monoisotopic (exact) mass is 304 g/mol. The van der Waals surface area contributed by atoms with Crippen molar-refractivity contribution < 1.29 is 0 Å². The zero-order valence-corrected chi connectivity index (χ0v) is 12.7. The summed E-state index contributed by atoms with van der Waals surface area (Å²) in [5, 5.41) is 3.53. The van der Waals surface area contributed by atoms with Crippen LogP contribution in [0, 0.1) is 0 Å². The molecular formula is C19H20N4. The zero-order valence-electron chi connectivity index (χ0n) is 12.7. The van der Waals surface area contributed by atoms with Crippen molar-refractivity contribution in [2.45, 2.75) is 6.04 Å². The van der Waals surface area contributed by atoms with Gasteiger partial charge in [-0.05, 0) is 53.6 Å². The van der Waals surface area contributed by atoms with Gasteiger partial charge in [0.05, 0.1) is 6.04 Å². The van der Waals surface area contributed by atoms with Crippen molar-refractivity contribution in [3.63, 3.8) is 0 Å². The van der Waals surface area contributed by atoms with E-state index in [2.05, 4.69) is 5.32 Å². The van der Waals surface area contributed by atoms with Crippen LogP contribution in [0.3, 0.4) is 0 Å². The Labute approximate surface area is 135 Å². The zero-order chi connectivity index (χ0) is 16.2. The Morgan fingerprint density at radius 3 is 1.61 bits per heavy atom. The van der Waals surface area contributed by atoms with Crippen molar-refractivity contribution in [2.24, 2.45) is 0 Å². The fourth-order valence-corrected chi connectivity index (χ4v) is 2.53. The molecule has 0 aliphatic rings. The van der Waals surface area contributed by atoms with Gasteiger partial charge in [0.1, 0.15) is 0 Å². The highest BCUT2D eigenvalue weighted by Crippen LogP contribution is 2.28. The van der Waals surface area contributed by atoms with Crippen LogP contribution in [0.4, 0.5) is 22.7 Å². The van der Waals surface area contributed by atoms with Crippen molar-refractivity contribution in [3.05, 3.63) is 83.9 Å². The van der Waals surface area contributed by atoms with Gasteiger partial charge in [-0.3, -0.25) is 0 Å². The van der Waals surface area contributed by atoms with Gasteiger partial charge in [0, 0.05) is 22.7 Å². The van der Waals surface area contributed by atoms with Crippen LogP contribution < -0.4 is 22.5 Å². The molecule has 116 valence electrons. The van der Waals surface area contributed by atoms with E-state index in [0.717, 1.165) is 33.9 Å². The van der Waals surface area contributed by atoms with E-state index in [1.165, 1.54) is 0 Å². The number of benzene rings is 3. The number of hydrogen-bond donors (Lipinski definition) is 4. The van der Waals surface area contributed by atoms with Gasteiger partial charge < -0.3 is 22.5 Å². The lowest BCUT2D eigenvalue weighted by Crippen LogP contribution is -2.12. The molecule has 0 bridgehead atoms. The van der Waals surface area contributed by atoms with E-state index in [1.807, 2.05) is 72.8 Å². The van der Waals surface area contributed by atoms with Crippen LogP contribution in [0.15, 0.2) is 72.8 Å². The molecule has 23 heavy (non-hydrogen) atoms. The second kappa shape index (κ2) is 6.32. The quantitative estimate of drug-likeness (QED) is 0.554. The largest absolute Gasteiger partial charge is 0.399 e. The van der Waals surface area contributed by atoms with Gasteiger partial charge in [-0.1, -0.05) is 30.3 Å². The van der Waals surface area contributed by atoms with E-state index >= 15 is 0 Å². The molecule has 0 fully saturated rings. The Balaban J connectivity index is 1.98. The normalized spacial score (nSPS) is 10.7. The molecule has 0 saturated carbocycles. The highest BCUT2D eigenvalue weighted by molar-refractivity contribution is 5.57. The first kappa shape index (κ1) is 14.8. The third-order valence-electron chi connectivity index (χ3n) is 3.74. The van der Waals surface area contributed by atoms with Gasteiger partial charge in [0.25, 0.3) is 0 Å². The van der Waals surface area contributed by atoms with E-state index in [0.29, 0.717) is 0 Å². The fourth-order valence-electron chi connectivity index (χ4n) is 2.53. The number of hydrogen-bond acceptors (Lipinski definition) is 4. The van der Waals surface area contributed by atoms with E-state index in [4.69, 9.17) is 17.2 Å². The van der Waals surface area contributed by atoms with Gasteiger partial charge in [0.2, 0.25) is 0 Å². The minimum Gasteiger partial charge on any atom is -0.399 e. The molecule has 0 aliphatic carbocycles. The average molecular weight is 304 g/mol. The topological polar surface area (TPSA) is 90.1 Å². The van der Waals surface area contributed by atoms with Crippen molar-refractivity contribution in [1.29, 1.82) is 0 Å². The lowest BCUT2D eigenvalue weighted by Gasteiger charge is -2.21. The first-order valence-electron chi connectivity index (χ1n) is 7.45. The summed E-state index contributed by atoms with van der Waals surface area (Å²) in [6.07, 6.45) is 0. The third kappa shape index (κ3) is 3.55. The molecule has 7 N–H and O–H groups in total. The predicted molar refractivity (Wildman–Crippen MR) is 98.0 cm³/mol. The number of anilines is 4. The van der Waals surface area contributed by atoms with E-state index in [1.54, 1.807) is 0 Å². The van der Waals surface area contributed by atoms with Crippen LogP contribution >= 0.6 is 0 Å². The second-order valence-electron chi connectivity index (χ2n) is 5.54. The summed E-state index contributed by atoms with van der Waals surface area (Å²) in [6, 6.07) is 23.4. The molecule has 0 saturated heterocycles. The molecular weight excluding hydrogens is 284 g/mol. The molecule has 0 spiro atoms. The predicted octanol–water partition coefficient (Wildman–Crippen LogP) is 3.63. The third-order valence-corrected chi connectivity index (χ3v) is 3.74. The summed E-state index contributed by atoms with van der Waals surface area (Å²) >= 11 is 0. The fraction of sp³-hybridized carbons (Fsp3) is 0.0526. The molecule has 0 heterocycles. The summed E-state index contributed by atoms with van der Waals surface area (Å²) < 4.78 is 0. The Kier molecular flexibility index (Phi) is 4.06. The molecule has 0 aliphatic heterocycles. The molecule has 3 aromatic rings. The molecule has 0 aromatic heterocycles. The molecule has 0 atom stereocenters. The standard InChI is InChI=1S/C19H20N4/c20-15-8-4-13(5-9-15)19(14-6-10-16(21)11-7-14)23-18-3-1-2-17(22)12-18/h1-12,19,23H,20-22H2. The lowest BCUT2D eigenvalue weighted by molar-refractivity contribution is 0.940. The summed E-state index contributed by atoms with van der Waals surface area (Å²) in [5.41, 5.74) is 22.9. The van der Waals surface area contributed by atoms with Gasteiger partial charge in [-0.2, -0.15) is 0 Å². The molecule has 4 heteroatoms. The number of nitrogens with one attached hydrogen (secondary N) is 1. The molecule has 0 amide bonds. The second-order valence-corrected chi connectivity index (χ2v) is 5.54. The van der Waals surface area contributed by atoms with Gasteiger partial charge in [-0.15, -0.1) is 0 Å². The van der Waals surface area contributed by atoms with E-state index in [-0.39, 0.29) is 6.04 Å². The molecule has 3 rings (SSSR count). The van der Waals surface area contributed by atoms with Crippen molar-refractivity contribution >= 4 is 22.7 Å². The van der Waals surface area contributed by atoms with Crippen LogP contribution in [0.5, 0.6) is 0 Å². The van der Waals surface area contributed by atoms with Gasteiger partial charge in [-0.25, -0.2) is 0 Å². The number of nitrogens with two attached hydrogens (primary N) is 3. The van der Waals surface area contributed by atoms with Crippen molar-refractivity contribution in [2.75, 3.05) is 22.5 Å². The van der Waals surface area contributed by atoms with Crippen LogP contribution in [0.2, 0.25) is 0 Å². The Morgan fingerprint density at radius 2 is 1.13 bits per heavy atom. The maximum Gasteiger partial charge on any atom is 0.0767 e. The molecule has 3 aromatic carbocycles. The smallest absolute Gasteiger partial charge is 0.0767 e. The Hall–Kier alpha value is -3.14. The van der Waals surface area contributed by atoms with Crippen molar-refractivity contribution in [1.82, 2.24) is 0 Å². The summed E-state index contributed by atoms with van der Waals surface area (Å²) in [6.45, 7) is 0. The van der Waals surface area contributed by atoms with Crippen LogP contribution in [-0.4, -0.2) is 0 Å². The average Bonchev–Trinajstić information content (AvgIpc) is 2.55.